The molecule has 0 aliphatic carbocycles. The topological polar surface area (TPSA) is 59.3 Å². The summed E-state index contributed by atoms with van der Waals surface area (Å²) in [5, 5.41) is 3.17. The van der Waals surface area contributed by atoms with Gasteiger partial charge in [0.1, 0.15) is 11.3 Å². The van der Waals surface area contributed by atoms with E-state index in [4.69, 9.17) is 4.42 Å². The summed E-state index contributed by atoms with van der Waals surface area (Å²) in [4.78, 5) is 24.0. The maximum Gasteiger partial charge on any atom is 0.251 e. The van der Waals surface area contributed by atoms with E-state index in [0.29, 0.717) is 22.3 Å². The van der Waals surface area contributed by atoms with Crippen LogP contribution in [-0.2, 0) is 0 Å². The summed E-state index contributed by atoms with van der Waals surface area (Å²) in [5.74, 6) is 0.348. The van der Waals surface area contributed by atoms with Gasteiger partial charge in [-0.3, -0.25) is 9.59 Å². The second-order valence-electron chi connectivity index (χ2n) is 5.59. The fourth-order valence-electron chi connectivity index (χ4n) is 2.68. The molecule has 0 atom stereocenters. The van der Waals surface area contributed by atoms with Crippen LogP contribution in [0.25, 0.3) is 22.3 Å². The highest BCUT2D eigenvalue weighted by molar-refractivity contribution is 5.94. The largest absolute Gasteiger partial charge is 0.456 e. The number of fused-ring (bicyclic) bond motifs is 1. The van der Waals surface area contributed by atoms with Crippen molar-refractivity contribution in [3.05, 3.63) is 69.4 Å². The van der Waals surface area contributed by atoms with E-state index in [0.717, 1.165) is 16.7 Å². The average molecular weight is 307 g/mol. The van der Waals surface area contributed by atoms with Crippen LogP contribution in [0.15, 0.2) is 51.7 Å². The molecule has 0 bridgehead atoms. The minimum atomic E-state index is -0.150. The van der Waals surface area contributed by atoms with Gasteiger partial charge in [0.05, 0.1) is 5.39 Å². The zero-order valence-corrected chi connectivity index (χ0v) is 13.3. The minimum absolute atomic E-state index is 0.0663. The van der Waals surface area contributed by atoms with Gasteiger partial charge in [0.25, 0.3) is 5.91 Å². The van der Waals surface area contributed by atoms with Crippen LogP contribution in [0.5, 0.6) is 0 Å². The highest BCUT2D eigenvalue weighted by atomic mass is 16.3. The van der Waals surface area contributed by atoms with E-state index in [1.165, 1.54) is 6.07 Å². The Bertz CT molecular complexity index is 953. The second-order valence-corrected chi connectivity index (χ2v) is 5.59. The number of carbonyl (C=O) groups excluding carboxylic acids is 1. The molecular formula is C19H17NO3. The molecule has 116 valence electrons. The number of hydrogen-bond donors (Lipinski definition) is 1. The summed E-state index contributed by atoms with van der Waals surface area (Å²) in [6.07, 6.45) is 0. The first-order valence-corrected chi connectivity index (χ1v) is 7.37. The Hall–Kier alpha value is -2.88. The van der Waals surface area contributed by atoms with Crippen molar-refractivity contribution in [3.8, 4) is 11.3 Å². The lowest BCUT2D eigenvalue weighted by Crippen LogP contribution is -2.17. The summed E-state index contributed by atoms with van der Waals surface area (Å²) in [7, 11) is 1.59. The molecule has 0 aliphatic heterocycles. The Kier molecular flexibility index (Phi) is 3.74. The molecule has 0 radical (unpaired) electrons. The highest BCUT2D eigenvalue weighted by Gasteiger charge is 2.10. The SMILES string of the molecule is CNC(=O)c1ccc(-c2cc(=O)c3cc(C)cc(C)c3o2)cc1. The van der Waals surface area contributed by atoms with Crippen LogP contribution in [0, 0.1) is 13.8 Å². The number of amides is 1. The van der Waals surface area contributed by atoms with Gasteiger partial charge in [0.2, 0.25) is 0 Å². The summed E-state index contributed by atoms with van der Waals surface area (Å²) < 4.78 is 5.94. The van der Waals surface area contributed by atoms with E-state index < -0.39 is 0 Å². The van der Waals surface area contributed by atoms with Crippen molar-refractivity contribution in [3.63, 3.8) is 0 Å². The summed E-state index contributed by atoms with van der Waals surface area (Å²) >= 11 is 0. The highest BCUT2D eigenvalue weighted by Crippen LogP contribution is 2.25. The first-order chi connectivity index (χ1) is 11.0. The molecule has 23 heavy (non-hydrogen) atoms. The van der Waals surface area contributed by atoms with Crippen LogP contribution >= 0.6 is 0 Å². The molecule has 1 N–H and O–H groups in total. The van der Waals surface area contributed by atoms with E-state index in [1.807, 2.05) is 26.0 Å². The van der Waals surface area contributed by atoms with Gasteiger partial charge < -0.3 is 9.73 Å². The molecule has 1 heterocycles. The van der Waals surface area contributed by atoms with E-state index in [1.54, 1.807) is 31.3 Å². The number of carbonyl (C=O) groups is 1. The summed E-state index contributed by atoms with van der Waals surface area (Å²) in [6.45, 7) is 3.88. The third-order valence-corrected chi connectivity index (χ3v) is 3.82. The zero-order valence-electron chi connectivity index (χ0n) is 13.3. The van der Waals surface area contributed by atoms with Gasteiger partial charge in [-0.1, -0.05) is 18.2 Å². The van der Waals surface area contributed by atoms with Gasteiger partial charge in [0, 0.05) is 24.2 Å². The van der Waals surface area contributed by atoms with Crippen molar-refractivity contribution in [2.45, 2.75) is 13.8 Å². The lowest BCUT2D eigenvalue weighted by molar-refractivity contribution is 0.0963. The standard InChI is InChI=1S/C19H17NO3/c1-11-8-12(2)18-15(9-11)16(21)10-17(23-18)13-4-6-14(7-5-13)19(22)20-3/h4-10H,1-3H3,(H,20,22). The Morgan fingerprint density at radius 1 is 1.04 bits per heavy atom. The minimum Gasteiger partial charge on any atom is -0.456 e. The predicted octanol–water partition coefficient (Wildman–Crippen LogP) is 3.44. The Morgan fingerprint density at radius 2 is 1.74 bits per heavy atom. The summed E-state index contributed by atoms with van der Waals surface area (Å²) in [6, 6.07) is 12.3. The van der Waals surface area contributed by atoms with E-state index in [9.17, 15) is 9.59 Å². The van der Waals surface area contributed by atoms with Gasteiger partial charge in [-0.15, -0.1) is 0 Å². The quantitative estimate of drug-likeness (QED) is 0.789. The molecule has 0 saturated carbocycles. The lowest BCUT2D eigenvalue weighted by Gasteiger charge is -2.07. The third kappa shape index (κ3) is 2.75. The maximum absolute atomic E-state index is 12.4. The molecule has 0 fully saturated rings. The van der Waals surface area contributed by atoms with Crippen LogP contribution in [0.2, 0.25) is 0 Å². The van der Waals surface area contributed by atoms with Crippen molar-refractivity contribution >= 4 is 16.9 Å². The molecule has 4 heteroatoms. The number of benzene rings is 2. The van der Waals surface area contributed by atoms with Crippen LogP contribution in [0.1, 0.15) is 21.5 Å². The third-order valence-electron chi connectivity index (χ3n) is 3.82. The second kappa shape index (κ2) is 5.72. The van der Waals surface area contributed by atoms with Crippen molar-refractivity contribution in [2.24, 2.45) is 0 Å². The molecule has 0 unspecified atom stereocenters. The predicted molar refractivity (Wildman–Crippen MR) is 90.8 cm³/mol. The normalized spacial score (nSPS) is 10.7. The average Bonchev–Trinajstić information content (AvgIpc) is 2.55. The molecule has 4 nitrogen and oxygen atoms in total. The molecule has 1 aromatic heterocycles. The molecule has 2 aromatic carbocycles. The Labute approximate surface area is 133 Å². The smallest absolute Gasteiger partial charge is 0.251 e. The molecule has 1 amide bonds. The molecular weight excluding hydrogens is 290 g/mol. The van der Waals surface area contributed by atoms with Crippen LogP contribution < -0.4 is 10.7 Å². The molecule has 0 saturated heterocycles. The number of rotatable bonds is 2. The molecule has 0 spiro atoms. The molecule has 0 aliphatic rings. The summed E-state index contributed by atoms with van der Waals surface area (Å²) in [5.41, 5.74) is 3.82. The number of aryl methyl sites for hydroxylation is 2. The van der Waals surface area contributed by atoms with Gasteiger partial charge >= 0.3 is 0 Å². The van der Waals surface area contributed by atoms with E-state index >= 15 is 0 Å². The Balaban J connectivity index is 2.14. The monoisotopic (exact) mass is 307 g/mol. The number of hydrogen-bond acceptors (Lipinski definition) is 3. The van der Waals surface area contributed by atoms with Gasteiger partial charge in [-0.25, -0.2) is 0 Å². The van der Waals surface area contributed by atoms with Crippen LogP contribution in [0.4, 0.5) is 0 Å². The van der Waals surface area contributed by atoms with E-state index in [-0.39, 0.29) is 11.3 Å². The lowest BCUT2D eigenvalue weighted by atomic mass is 10.1. The molecule has 3 aromatic rings. The van der Waals surface area contributed by atoms with E-state index in [2.05, 4.69) is 5.32 Å². The Morgan fingerprint density at radius 3 is 2.39 bits per heavy atom. The fraction of sp³-hybridized carbons (Fsp3) is 0.158. The van der Waals surface area contributed by atoms with Crippen LogP contribution in [-0.4, -0.2) is 13.0 Å². The maximum atomic E-state index is 12.4. The van der Waals surface area contributed by atoms with Gasteiger partial charge in [-0.2, -0.15) is 0 Å². The van der Waals surface area contributed by atoms with Gasteiger partial charge in [-0.05, 0) is 43.2 Å². The molecule has 3 rings (SSSR count). The van der Waals surface area contributed by atoms with Crippen LogP contribution in [0.3, 0.4) is 0 Å². The first kappa shape index (κ1) is 15.0. The number of nitrogens with one attached hydrogen (secondary N) is 1. The van der Waals surface area contributed by atoms with Crippen molar-refractivity contribution < 1.29 is 9.21 Å². The van der Waals surface area contributed by atoms with Crippen molar-refractivity contribution in [1.82, 2.24) is 5.32 Å². The van der Waals surface area contributed by atoms with Gasteiger partial charge in [0.15, 0.2) is 5.43 Å². The van der Waals surface area contributed by atoms with Crippen molar-refractivity contribution in [1.29, 1.82) is 0 Å². The first-order valence-electron chi connectivity index (χ1n) is 7.37. The zero-order chi connectivity index (χ0) is 16.6. The fourth-order valence-corrected chi connectivity index (χ4v) is 2.68. The van der Waals surface area contributed by atoms with Crippen molar-refractivity contribution in [2.75, 3.05) is 7.05 Å².